The number of amides is 1. The highest BCUT2D eigenvalue weighted by molar-refractivity contribution is 5.87. The molecule has 1 amide bonds. The molecule has 0 spiro atoms. The van der Waals surface area contributed by atoms with E-state index in [2.05, 4.69) is 46.7 Å². The van der Waals surface area contributed by atoms with Crippen LogP contribution >= 0.6 is 0 Å². The zero-order chi connectivity index (χ0) is 19.6. The molecule has 0 bridgehead atoms. The smallest absolute Gasteiger partial charge is 0.262 e. The zero-order valence-electron chi connectivity index (χ0n) is 16.4. The number of anilines is 2. The van der Waals surface area contributed by atoms with E-state index < -0.39 is 6.04 Å². The van der Waals surface area contributed by atoms with E-state index in [0.29, 0.717) is 5.75 Å². The van der Waals surface area contributed by atoms with Crippen molar-refractivity contribution in [3.05, 3.63) is 54.1 Å². The molecule has 6 nitrogen and oxygen atoms in total. The Morgan fingerprint density at radius 3 is 2.44 bits per heavy atom. The van der Waals surface area contributed by atoms with Gasteiger partial charge in [-0.3, -0.25) is 4.79 Å². The van der Waals surface area contributed by atoms with E-state index >= 15 is 0 Å². The number of rotatable bonds is 9. The molecule has 0 aliphatic carbocycles. The molecule has 2 aromatic rings. The molecule has 0 aromatic heterocycles. The quantitative estimate of drug-likeness (QED) is 0.525. The summed E-state index contributed by atoms with van der Waals surface area (Å²) in [5.74, 6) is 0.464. The van der Waals surface area contributed by atoms with Crippen LogP contribution in [0.4, 0.5) is 11.4 Å². The topological polar surface area (TPSA) is 66.0 Å². The molecule has 0 radical (unpaired) electrons. The summed E-state index contributed by atoms with van der Waals surface area (Å²) in [6.45, 7) is 7.98. The lowest BCUT2D eigenvalue weighted by Gasteiger charge is -2.20. The molecule has 0 saturated carbocycles. The summed E-state index contributed by atoms with van der Waals surface area (Å²) < 4.78 is 5.28. The summed E-state index contributed by atoms with van der Waals surface area (Å²) in [6, 6.07) is 15.1. The fourth-order valence-electron chi connectivity index (χ4n) is 2.69. The van der Waals surface area contributed by atoms with Crippen LogP contribution in [0.25, 0.3) is 0 Å². The lowest BCUT2D eigenvalue weighted by molar-refractivity contribution is -0.121. The lowest BCUT2D eigenvalue weighted by Crippen LogP contribution is -2.35. The number of carbonyl (C=O) groups is 1. The van der Waals surface area contributed by atoms with Gasteiger partial charge in [-0.05, 0) is 50.6 Å². The number of ether oxygens (including phenoxy) is 1. The fourth-order valence-corrected chi connectivity index (χ4v) is 2.69. The molecule has 1 atom stereocenters. The average Bonchev–Trinajstić information content (AvgIpc) is 2.70. The van der Waals surface area contributed by atoms with Crippen molar-refractivity contribution < 1.29 is 9.53 Å². The molecule has 0 heterocycles. The molecule has 2 aromatic carbocycles. The first-order valence-corrected chi connectivity index (χ1v) is 9.16. The van der Waals surface area contributed by atoms with Gasteiger partial charge in [-0.25, -0.2) is 5.43 Å². The van der Waals surface area contributed by atoms with Crippen LogP contribution in [-0.2, 0) is 4.79 Å². The number of hydrazone groups is 1. The van der Waals surface area contributed by atoms with Crippen molar-refractivity contribution in [2.24, 2.45) is 5.10 Å². The van der Waals surface area contributed by atoms with Gasteiger partial charge in [0, 0.05) is 18.8 Å². The number of methoxy groups -OCH3 is 1. The number of nitrogens with zero attached hydrogens (tertiary/aromatic N) is 2. The molecule has 2 rings (SSSR count). The van der Waals surface area contributed by atoms with E-state index in [9.17, 15) is 4.79 Å². The number of nitrogens with one attached hydrogen (secondary N) is 2. The lowest BCUT2D eigenvalue weighted by atomic mass is 10.2. The number of para-hydroxylation sites is 2. The van der Waals surface area contributed by atoms with Crippen molar-refractivity contribution in [2.45, 2.75) is 26.8 Å². The highest BCUT2D eigenvalue weighted by Gasteiger charge is 2.13. The van der Waals surface area contributed by atoms with Gasteiger partial charge in [-0.1, -0.05) is 24.3 Å². The van der Waals surface area contributed by atoms with E-state index in [-0.39, 0.29) is 5.91 Å². The Balaban J connectivity index is 1.90. The first-order chi connectivity index (χ1) is 13.1. The minimum absolute atomic E-state index is 0.225. The highest BCUT2D eigenvalue weighted by Crippen LogP contribution is 2.23. The molecule has 1 unspecified atom stereocenters. The molecule has 0 fully saturated rings. The number of hydrogen-bond donors (Lipinski definition) is 2. The molecule has 144 valence electrons. The molecule has 0 aliphatic rings. The maximum atomic E-state index is 12.2. The third-order valence-electron chi connectivity index (χ3n) is 4.28. The summed E-state index contributed by atoms with van der Waals surface area (Å²) >= 11 is 0. The molecule has 27 heavy (non-hydrogen) atoms. The molecule has 0 saturated heterocycles. The Bertz CT molecular complexity index is 755. The van der Waals surface area contributed by atoms with E-state index in [0.717, 1.165) is 24.3 Å². The Kier molecular flexibility index (Phi) is 7.67. The summed E-state index contributed by atoms with van der Waals surface area (Å²) in [6.07, 6.45) is 1.64. The molecular formula is C21H28N4O2. The van der Waals surface area contributed by atoms with Gasteiger partial charge in [0.15, 0.2) is 0 Å². The third kappa shape index (κ3) is 5.74. The second-order valence-corrected chi connectivity index (χ2v) is 6.06. The maximum absolute atomic E-state index is 12.2. The standard InChI is InChI=1S/C21H28N4O2/c1-5-25(6-2)18-13-11-17(12-14-18)15-22-24-21(26)16(3)23-19-9-7-8-10-20(19)27-4/h7-16,23H,5-6H2,1-4H3,(H,24,26)/b22-15+. The van der Waals surface area contributed by atoms with E-state index in [1.54, 1.807) is 20.2 Å². The Morgan fingerprint density at radius 1 is 1.15 bits per heavy atom. The summed E-state index contributed by atoms with van der Waals surface area (Å²) in [7, 11) is 1.60. The predicted octanol–water partition coefficient (Wildman–Crippen LogP) is 3.49. The van der Waals surface area contributed by atoms with Crippen LogP contribution in [0.3, 0.4) is 0 Å². The first kappa shape index (κ1) is 20.3. The second-order valence-electron chi connectivity index (χ2n) is 6.06. The van der Waals surface area contributed by atoms with Crippen LogP contribution in [0.1, 0.15) is 26.3 Å². The van der Waals surface area contributed by atoms with Crippen molar-refractivity contribution in [1.82, 2.24) is 5.43 Å². The van der Waals surface area contributed by atoms with E-state index in [4.69, 9.17) is 4.74 Å². The average molecular weight is 368 g/mol. The first-order valence-electron chi connectivity index (χ1n) is 9.16. The van der Waals surface area contributed by atoms with E-state index in [1.165, 1.54) is 5.69 Å². The van der Waals surface area contributed by atoms with Crippen molar-refractivity contribution in [3.8, 4) is 5.75 Å². The van der Waals surface area contributed by atoms with Gasteiger partial charge in [0.1, 0.15) is 11.8 Å². The molecule has 2 N–H and O–H groups in total. The monoisotopic (exact) mass is 368 g/mol. The van der Waals surface area contributed by atoms with Gasteiger partial charge in [-0.2, -0.15) is 5.10 Å². The SMILES string of the molecule is CCN(CC)c1ccc(/C=N/NC(=O)C(C)Nc2ccccc2OC)cc1. The van der Waals surface area contributed by atoms with Crippen LogP contribution in [0.5, 0.6) is 5.75 Å². The number of hydrogen-bond acceptors (Lipinski definition) is 5. The third-order valence-corrected chi connectivity index (χ3v) is 4.28. The van der Waals surface area contributed by atoms with Crippen LogP contribution in [0, 0.1) is 0 Å². The Morgan fingerprint density at radius 2 is 1.81 bits per heavy atom. The minimum Gasteiger partial charge on any atom is -0.495 e. The Hall–Kier alpha value is -3.02. The van der Waals surface area contributed by atoms with E-state index in [1.807, 2.05) is 36.4 Å². The largest absolute Gasteiger partial charge is 0.495 e. The second kappa shape index (κ2) is 10.2. The Labute approximate surface area is 161 Å². The summed E-state index contributed by atoms with van der Waals surface area (Å²) in [5.41, 5.74) is 5.43. The number of benzene rings is 2. The minimum atomic E-state index is -0.455. The normalized spacial score (nSPS) is 11.9. The van der Waals surface area contributed by atoms with Gasteiger partial charge in [-0.15, -0.1) is 0 Å². The highest BCUT2D eigenvalue weighted by atomic mass is 16.5. The summed E-state index contributed by atoms with van der Waals surface area (Å²) in [5, 5.41) is 7.18. The summed E-state index contributed by atoms with van der Waals surface area (Å²) in [4.78, 5) is 14.5. The number of carbonyl (C=O) groups excluding carboxylic acids is 1. The van der Waals surface area contributed by atoms with Crippen molar-refractivity contribution in [3.63, 3.8) is 0 Å². The van der Waals surface area contributed by atoms with Crippen LogP contribution in [0.15, 0.2) is 53.6 Å². The van der Waals surface area contributed by atoms with Crippen LogP contribution < -0.4 is 20.4 Å². The van der Waals surface area contributed by atoms with Crippen molar-refractivity contribution >= 4 is 23.5 Å². The molecule has 0 aliphatic heterocycles. The van der Waals surface area contributed by atoms with Gasteiger partial charge < -0.3 is 15.0 Å². The van der Waals surface area contributed by atoms with Gasteiger partial charge >= 0.3 is 0 Å². The van der Waals surface area contributed by atoms with Crippen LogP contribution in [-0.4, -0.2) is 38.4 Å². The van der Waals surface area contributed by atoms with Gasteiger partial charge in [0.25, 0.3) is 5.91 Å². The van der Waals surface area contributed by atoms with Gasteiger partial charge in [0.05, 0.1) is 19.0 Å². The maximum Gasteiger partial charge on any atom is 0.262 e. The van der Waals surface area contributed by atoms with Crippen molar-refractivity contribution in [1.29, 1.82) is 0 Å². The van der Waals surface area contributed by atoms with Crippen molar-refractivity contribution in [2.75, 3.05) is 30.4 Å². The zero-order valence-corrected chi connectivity index (χ0v) is 16.4. The van der Waals surface area contributed by atoms with Crippen LogP contribution in [0.2, 0.25) is 0 Å². The van der Waals surface area contributed by atoms with Gasteiger partial charge in [0.2, 0.25) is 0 Å². The fraction of sp³-hybridized carbons (Fsp3) is 0.333. The molecular weight excluding hydrogens is 340 g/mol. The molecule has 6 heteroatoms. The predicted molar refractivity (Wildman–Crippen MR) is 112 cm³/mol.